The first-order chi connectivity index (χ1) is 19.8. The SMILES string of the molecule is CC(C)c1ccc([C@@H]2[C@H](C(=O)c3ccccc3)N3c4ccc(F)cc4C=C[C@@H]3C23C(=O)c2ccccc2C3=O)cc1. The van der Waals surface area contributed by atoms with Crippen molar-refractivity contribution in [3.05, 3.63) is 142 Å². The molecule has 2 heterocycles. The van der Waals surface area contributed by atoms with Crippen LogP contribution >= 0.6 is 0 Å². The zero-order valence-electron chi connectivity index (χ0n) is 22.8. The van der Waals surface area contributed by atoms with Gasteiger partial charge in [-0.1, -0.05) is 105 Å². The lowest BCUT2D eigenvalue weighted by Crippen LogP contribution is -2.48. The number of nitrogens with zero attached hydrogens (tertiary/aromatic N) is 1. The van der Waals surface area contributed by atoms with E-state index in [4.69, 9.17) is 0 Å². The highest BCUT2D eigenvalue weighted by Gasteiger charge is 2.71. The van der Waals surface area contributed by atoms with Crippen LogP contribution in [0.4, 0.5) is 10.1 Å². The number of hydrogen-bond acceptors (Lipinski definition) is 4. The molecule has 0 N–H and O–H groups in total. The molecule has 3 atom stereocenters. The molecule has 1 aliphatic carbocycles. The molecule has 0 bridgehead atoms. The van der Waals surface area contributed by atoms with Crippen molar-refractivity contribution in [1.29, 1.82) is 0 Å². The molecule has 3 aliphatic rings. The van der Waals surface area contributed by atoms with E-state index in [-0.39, 0.29) is 17.3 Å². The summed E-state index contributed by atoms with van der Waals surface area (Å²) >= 11 is 0. The van der Waals surface area contributed by atoms with Gasteiger partial charge >= 0.3 is 0 Å². The van der Waals surface area contributed by atoms with Crippen LogP contribution in [-0.4, -0.2) is 29.4 Å². The number of fused-ring (bicyclic) bond motifs is 5. The number of rotatable bonds is 4. The highest BCUT2D eigenvalue weighted by molar-refractivity contribution is 6.32. The predicted octanol–water partition coefficient (Wildman–Crippen LogP) is 7.27. The highest BCUT2D eigenvalue weighted by atomic mass is 19.1. The number of benzene rings is 4. The fourth-order valence-corrected chi connectivity index (χ4v) is 7.18. The van der Waals surface area contributed by atoms with Gasteiger partial charge in [-0.15, -0.1) is 0 Å². The van der Waals surface area contributed by atoms with Crippen LogP contribution in [0.5, 0.6) is 0 Å². The Morgan fingerprint density at radius 2 is 1.46 bits per heavy atom. The van der Waals surface area contributed by atoms with Gasteiger partial charge in [-0.05, 0) is 35.2 Å². The van der Waals surface area contributed by atoms with E-state index >= 15 is 0 Å². The van der Waals surface area contributed by atoms with E-state index in [0.29, 0.717) is 33.9 Å². The van der Waals surface area contributed by atoms with Gasteiger partial charge in [-0.2, -0.15) is 0 Å². The summed E-state index contributed by atoms with van der Waals surface area (Å²) < 4.78 is 14.4. The topological polar surface area (TPSA) is 54.5 Å². The van der Waals surface area contributed by atoms with E-state index in [9.17, 15) is 18.8 Å². The minimum absolute atomic E-state index is 0.187. The highest BCUT2D eigenvalue weighted by Crippen LogP contribution is 2.61. The smallest absolute Gasteiger partial charge is 0.185 e. The Morgan fingerprint density at radius 3 is 2.10 bits per heavy atom. The van der Waals surface area contributed by atoms with Crippen molar-refractivity contribution in [2.24, 2.45) is 5.41 Å². The third kappa shape index (κ3) is 3.48. The van der Waals surface area contributed by atoms with Crippen LogP contribution in [0.2, 0.25) is 0 Å². The van der Waals surface area contributed by atoms with E-state index in [1.54, 1.807) is 48.5 Å². The van der Waals surface area contributed by atoms with Crippen LogP contribution in [0.1, 0.15) is 73.4 Å². The zero-order chi connectivity index (χ0) is 28.5. The number of carbonyl (C=O) groups is 3. The van der Waals surface area contributed by atoms with Gasteiger partial charge in [-0.25, -0.2) is 4.39 Å². The Hall–Kier alpha value is -4.64. The number of Topliss-reactive ketones (excluding diaryl/α,β-unsaturated/α-hetero) is 3. The quantitative estimate of drug-likeness (QED) is 0.202. The number of hydrogen-bond donors (Lipinski definition) is 0. The summed E-state index contributed by atoms with van der Waals surface area (Å²) in [7, 11) is 0. The van der Waals surface area contributed by atoms with Gasteiger partial charge in [0.2, 0.25) is 0 Å². The summed E-state index contributed by atoms with van der Waals surface area (Å²) in [5.41, 5.74) is 2.80. The largest absolute Gasteiger partial charge is 0.352 e. The van der Waals surface area contributed by atoms with E-state index < -0.39 is 29.2 Å². The molecule has 4 aromatic carbocycles. The standard InChI is InChI=1S/C36H28FNO3/c1-21(2)22-12-14-23(15-13-22)31-32(33(39)24-8-4-3-5-9-24)38-29-18-17-26(37)20-25(29)16-19-30(38)36(31)34(40)27-10-6-7-11-28(27)35(36)41/h3-21,30-32H,1-2H3/t30-,31-,32-/m1/s1. The Balaban J connectivity index is 1.54. The second kappa shape index (κ2) is 9.20. The van der Waals surface area contributed by atoms with E-state index in [2.05, 4.69) is 13.8 Å². The van der Waals surface area contributed by atoms with Crippen LogP contribution in [0.25, 0.3) is 6.08 Å². The summed E-state index contributed by atoms with van der Waals surface area (Å²) in [5, 5.41) is 0. The lowest BCUT2D eigenvalue weighted by atomic mass is 9.64. The molecular formula is C36H28FNO3. The molecule has 5 heteroatoms. The number of halogens is 1. The maximum Gasteiger partial charge on any atom is 0.185 e. The number of carbonyl (C=O) groups excluding carboxylic acids is 3. The lowest BCUT2D eigenvalue weighted by molar-refractivity contribution is 0.0666. The molecular weight excluding hydrogens is 513 g/mol. The molecule has 0 unspecified atom stereocenters. The molecule has 1 saturated heterocycles. The van der Waals surface area contributed by atoms with Gasteiger partial charge in [0.15, 0.2) is 17.3 Å². The maximum absolute atomic E-state index is 14.7. The third-order valence-corrected chi connectivity index (χ3v) is 9.05. The summed E-state index contributed by atoms with van der Waals surface area (Å²) in [6, 6.07) is 26.7. The van der Waals surface area contributed by atoms with Gasteiger partial charge in [0, 0.05) is 33.9 Å². The predicted molar refractivity (Wildman–Crippen MR) is 157 cm³/mol. The first-order valence-corrected chi connectivity index (χ1v) is 14.0. The van der Waals surface area contributed by atoms with Gasteiger partial charge in [0.05, 0.1) is 6.04 Å². The Labute approximate surface area is 238 Å². The molecule has 0 saturated carbocycles. The van der Waals surface area contributed by atoms with Gasteiger partial charge in [0.25, 0.3) is 0 Å². The minimum Gasteiger partial charge on any atom is -0.352 e. The first kappa shape index (κ1) is 25.3. The van der Waals surface area contributed by atoms with Crippen molar-refractivity contribution in [2.45, 2.75) is 37.8 Å². The van der Waals surface area contributed by atoms with Crippen molar-refractivity contribution < 1.29 is 18.8 Å². The van der Waals surface area contributed by atoms with Crippen LogP contribution in [-0.2, 0) is 0 Å². The summed E-state index contributed by atoms with van der Waals surface area (Å²) in [4.78, 5) is 45.8. The normalized spacial score (nSPS) is 21.8. The number of anilines is 1. The van der Waals surface area contributed by atoms with Crippen LogP contribution in [0.3, 0.4) is 0 Å². The Bertz CT molecular complexity index is 1720. The average molecular weight is 542 g/mol. The van der Waals surface area contributed by atoms with Gasteiger partial charge in [0.1, 0.15) is 17.3 Å². The maximum atomic E-state index is 14.7. The number of ketones is 3. The van der Waals surface area contributed by atoms with Crippen molar-refractivity contribution in [3.63, 3.8) is 0 Å². The zero-order valence-corrected chi connectivity index (χ0v) is 22.8. The second-order valence-corrected chi connectivity index (χ2v) is 11.5. The van der Waals surface area contributed by atoms with Gasteiger partial charge < -0.3 is 4.90 Å². The summed E-state index contributed by atoms with van der Waals surface area (Å²) in [6.45, 7) is 4.21. The molecule has 4 nitrogen and oxygen atoms in total. The Morgan fingerprint density at radius 1 is 0.829 bits per heavy atom. The van der Waals surface area contributed by atoms with Crippen LogP contribution in [0.15, 0.2) is 103 Å². The van der Waals surface area contributed by atoms with E-state index in [1.807, 2.05) is 53.4 Å². The van der Waals surface area contributed by atoms with E-state index in [1.165, 1.54) is 12.1 Å². The second-order valence-electron chi connectivity index (χ2n) is 11.5. The average Bonchev–Trinajstić information content (AvgIpc) is 3.43. The molecule has 7 rings (SSSR count). The summed E-state index contributed by atoms with van der Waals surface area (Å²) in [6.07, 6.45) is 3.59. The summed E-state index contributed by atoms with van der Waals surface area (Å²) in [5.74, 6) is -1.62. The van der Waals surface area contributed by atoms with Crippen LogP contribution < -0.4 is 4.90 Å². The van der Waals surface area contributed by atoms with Crippen molar-refractivity contribution in [3.8, 4) is 0 Å². The molecule has 2 aliphatic heterocycles. The third-order valence-electron chi connectivity index (χ3n) is 9.05. The first-order valence-electron chi connectivity index (χ1n) is 14.0. The van der Waals surface area contributed by atoms with Crippen LogP contribution in [0, 0.1) is 11.2 Å². The Kier molecular flexibility index (Phi) is 5.69. The molecule has 202 valence electrons. The molecule has 1 fully saturated rings. The molecule has 41 heavy (non-hydrogen) atoms. The van der Waals surface area contributed by atoms with Crippen molar-refractivity contribution in [2.75, 3.05) is 4.90 Å². The molecule has 0 radical (unpaired) electrons. The fourth-order valence-electron chi connectivity index (χ4n) is 7.18. The molecule has 0 amide bonds. The molecule has 1 spiro atoms. The van der Waals surface area contributed by atoms with Crippen molar-refractivity contribution >= 4 is 29.1 Å². The monoisotopic (exact) mass is 541 g/mol. The fraction of sp³-hybridized carbons (Fsp3) is 0.194. The minimum atomic E-state index is -1.57. The van der Waals surface area contributed by atoms with E-state index in [0.717, 1.165) is 11.1 Å². The molecule has 0 aromatic heterocycles. The van der Waals surface area contributed by atoms with Crippen molar-refractivity contribution in [1.82, 2.24) is 0 Å². The molecule has 4 aromatic rings. The lowest BCUT2D eigenvalue weighted by Gasteiger charge is -2.37. The van der Waals surface area contributed by atoms with Gasteiger partial charge in [-0.3, -0.25) is 14.4 Å².